The van der Waals surface area contributed by atoms with E-state index in [4.69, 9.17) is 14.5 Å². The number of carbonyl (C=O) groups excluding carboxylic acids is 5. The predicted octanol–water partition coefficient (Wildman–Crippen LogP) is 11.3. The maximum absolute atomic E-state index is 14.1. The second-order valence-corrected chi connectivity index (χ2v) is 25.2. The fourth-order valence-corrected chi connectivity index (χ4v) is 13.2. The maximum atomic E-state index is 14.1. The van der Waals surface area contributed by atoms with E-state index in [1.807, 2.05) is 125 Å². The highest BCUT2D eigenvalue weighted by atomic mass is 32.1. The topological polar surface area (TPSA) is 205 Å². The molecule has 4 atom stereocenters. The van der Waals surface area contributed by atoms with Crippen LogP contribution in [0.25, 0.3) is 20.7 Å². The minimum absolute atomic E-state index is 0.0164. The Labute approximate surface area is 497 Å². The van der Waals surface area contributed by atoms with Crippen LogP contribution in [0.4, 0.5) is 10.3 Å². The summed E-state index contributed by atoms with van der Waals surface area (Å²) in [5.41, 5.74) is 8.79. The smallest absolute Gasteiger partial charge is 0.357 e. The summed E-state index contributed by atoms with van der Waals surface area (Å²) in [5, 5.41) is 21.0. The van der Waals surface area contributed by atoms with Gasteiger partial charge in [-0.1, -0.05) is 112 Å². The Hall–Kier alpha value is -7.50. The lowest BCUT2D eigenvalue weighted by Gasteiger charge is -2.35. The third kappa shape index (κ3) is 15.4. The molecule has 83 heavy (non-hydrogen) atoms. The van der Waals surface area contributed by atoms with Crippen LogP contribution >= 0.6 is 34.0 Å². The van der Waals surface area contributed by atoms with Gasteiger partial charge in [0.05, 0.1) is 52.2 Å². The van der Waals surface area contributed by atoms with E-state index in [1.54, 1.807) is 11.3 Å². The molecule has 2 aliphatic heterocycles. The molecule has 4 N–H and O–H groups in total. The zero-order valence-corrected chi connectivity index (χ0v) is 50.4. The summed E-state index contributed by atoms with van der Waals surface area (Å²) in [7, 11) is 1.36. The van der Waals surface area contributed by atoms with Crippen molar-refractivity contribution in [3.8, 4) is 28.0 Å². The van der Waals surface area contributed by atoms with Gasteiger partial charge in [-0.25, -0.2) is 19.7 Å². The summed E-state index contributed by atoms with van der Waals surface area (Å²) in [6.45, 7) is 11.2. The number of thiazole rings is 3. The average molecular weight is 1180 g/mol. The molecule has 5 heterocycles. The first-order valence-electron chi connectivity index (χ1n) is 28.4. The molecule has 1 fully saturated rings. The van der Waals surface area contributed by atoms with E-state index >= 15 is 0 Å². The van der Waals surface area contributed by atoms with E-state index in [0.717, 1.165) is 97.8 Å². The number of methoxy groups -OCH3 is 1. The number of unbranched alkanes of at least 4 members (excludes halogenated alkanes) is 5. The summed E-state index contributed by atoms with van der Waals surface area (Å²) >= 11 is 4.49. The molecule has 4 aromatic carbocycles. The number of nitrogens with zero attached hydrogens (tertiary/aromatic N) is 5. The number of aliphatic hydroxyl groups is 1. The number of fused-ring (bicyclic) bond motifs is 2. The number of hydrogen-bond acceptors (Lipinski definition) is 15. The van der Waals surface area contributed by atoms with Gasteiger partial charge in [-0.15, -0.1) is 22.7 Å². The van der Waals surface area contributed by atoms with Crippen LogP contribution < -0.4 is 25.6 Å². The minimum Gasteiger partial charge on any atom is -0.494 e. The highest BCUT2D eigenvalue weighted by molar-refractivity contribution is 7.22. The second-order valence-electron chi connectivity index (χ2n) is 22.2. The number of amides is 4. The van der Waals surface area contributed by atoms with Gasteiger partial charge in [-0.05, 0) is 116 Å². The van der Waals surface area contributed by atoms with Crippen molar-refractivity contribution in [3.05, 3.63) is 141 Å². The van der Waals surface area contributed by atoms with Crippen LogP contribution in [0.15, 0.2) is 96.5 Å². The molecule has 0 spiro atoms. The molecule has 434 valence electrons. The summed E-state index contributed by atoms with van der Waals surface area (Å²) in [5.74, 6) is 5.63. The van der Waals surface area contributed by atoms with Crippen LogP contribution in [-0.2, 0) is 38.5 Å². The van der Waals surface area contributed by atoms with Gasteiger partial charge in [0.1, 0.15) is 17.8 Å². The number of aromatic nitrogens is 3. The van der Waals surface area contributed by atoms with Crippen molar-refractivity contribution in [1.29, 1.82) is 0 Å². The maximum Gasteiger partial charge on any atom is 0.357 e. The van der Waals surface area contributed by atoms with E-state index in [9.17, 15) is 29.1 Å². The quantitative estimate of drug-likeness (QED) is 0.0284. The molecule has 0 bridgehead atoms. The third-order valence-electron chi connectivity index (χ3n) is 15.0. The van der Waals surface area contributed by atoms with Crippen LogP contribution in [0.5, 0.6) is 5.75 Å². The highest BCUT2D eigenvalue weighted by Gasteiger charge is 2.45. The first-order chi connectivity index (χ1) is 40.0. The van der Waals surface area contributed by atoms with Gasteiger partial charge >= 0.3 is 5.97 Å². The Morgan fingerprint density at radius 2 is 1.65 bits per heavy atom. The molecule has 0 aliphatic carbocycles. The van der Waals surface area contributed by atoms with Crippen molar-refractivity contribution in [1.82, 2.24) is 30.5 Å². The molecule has 4 amide bonds. The lowest BCUT2D eigenvalue weighted by Crippen LogP contribution is -2.57. The molecule has 2 aliphatic rings. The van der Waals surface area contributed by atoms with Crippen molar-refractivity contribution in [2.45, 2.75) is 136 Å². The molecule has 3 aromatic heterocycles. The monoisotopic (exact) mass is 1180 g/mol. The van der Waals surface area contributed by atoms with Crippen LogP contribution in [0, 0.1) is 24.2 Å². The number of para-hydroxylation sites is 1. The van der Waals surface area contributed by atoms with E-state index in [1.165, 1.54) is 34.7 Å². The molecule has 0 unspecified atom stereocenters. The Kier molecular flexibility index (Phi) is 20.1. The number of hydrogen-bond donors (Lipinski definition) is 4. The van der Waals surface area contributed by atoms with Gasteiger partial charge in [-0.2, -0.15) is 0 Å². The largest absolute Gasteiger partial charge is 0.494 e. The van der Waals surface area contributed by atoms with Gasteiger partial charge in [0, 0.05) is 54.9 Å². The average Bonchev–Trinajstić information content (AvgIpc) is 4.49. The summed E-state index contributed by atoms with van der Waals surface area (Å²) < 4.78 is 12.2. The van der Waals surface area contributed by atoms with Gasteiger partial charge in [0.15, 0.2) is 16.0 Å². The number of anilines is 2. The number of likely N-dealkylation sites (tertiary alicyclic amines) is 1. The predicted molar refractivity (Wildman–Crippen MR) is 328 cm³/mol. The van der Waals surface area contributed by atoms with E-state index in [2.05, 4.69) is 48.7 Å². The zero-order valence-electron chi connectivity index (χ0n) is 47.9. The number of aliphatic hydroxyl groups excluding tert-OH is 1. The first kappa shape index (κ1) is 60.1. The Morgan fingerprint density at radius 3 is 2.40 bits per heavy atom. The Morgan fingerprint density at radius 1 is 0.880 bits per heavy atom. The first-order valence-corrected chi connectivity index (χ1v) is 30.9. The molecule has 0 saturated carbocycles. The molecule has 9 rings (SSSR count). The molecule has 16 nitrogen and oxygen atoms in total. The summed E-state index contributed by atoms with van der Waals surface area (Å²) in [6.07, 6.45) is 6.67. The standard InChI is InChI=1S/C64H72N8O8S3/c1-40(43-27-29-45(30-28-43)56-41(2)65-39-81-56)66-59(76)51-36-46(73)37-72(51)60(77)57(64(3,4)5)68-54(74)24-13-11-9-7-8-10-12-18-42-25-31-47(32-26-42)80-35-17-23-53-55(61(78)79-6)69-63(83-53)71-34-33-44-19-16-20-48(49(44)38-71)58(75)70-62-67-50-21-14-15-22-52(50)82-62/h14-16,19-22,25-32,39-40,46,51,57,73H,7-11,13,17,23-24,33-38H2,1-6H3,(H,66,76)(H,68,74)(H,67,70,75)/t40-,46+,51-,57+/m0/s1. The fourth-order valence-electron chi connectivity index (χ4n) is 10.4. The Bertz CT molecular complexity index is 3450. The van der Waals surface area contributed by atoms with Gasteiger partial charge in [0.2, 0.25) is 17.7 Å². The number of rotatable bonds is 22. The minimum atomic E-state index is -0.874. The lowest BCUT2D eigenvalue weighted by atomic mass is 9.85. The third-order valence-corrected chi connectivity index (χ3v) is 18.1. The number of β-amino-alcohol motifs (C(OH)–C–C–N with tert-alkyl or cyclic N) is 1. The van der Waals surface area contributed by atoms with Gasteiger partial charge in [0.25, 0.3) is 5.91 Å². The lowest BCUT2D eigenvalue weighted by molar-refractivity contribution is -0.144. The molecule has 0 radical (unpaired) electrons. The van der Waals surface area contributed by atoms with Gasteiger partial charge < -0.3 is 35.0 Å². The van der Waals surface area contributed by atoms with E-state index in [-0.39, 0.29) is 49.1 Å². The number of ether oxygens (including phenoxy) is 2. The number of esters is 1. The normalized spacial score (nSPS) is 15.7. The van der Waals surface area contributed by atoms with Crippen LogP contribution in [0.2, 0.25) is 0 Å². The van der Waals surface area contributed by atoms with Gasteiger partial charge in [-0.3, -0.25) is 24.5 Å². The van der Waals surface area contributed by atoms with E-state index in [0.29, 0.717) is 60.5 Å². The molecular weight excluding hydrogens is 1100 g/mol. The van der Waals surface area contributed by atoms with Crippen LogP contribution in [0.1, 0.15) is 145 Å². The number of benzene rings is 4. The van der Waals surface area contributed by atoms with Crippen molar-refractivity contribution in [2.24, 2.45) is 5.41 Å². The summed E-state index contributed by atoms with van der Waals surface area (Å²) in [6, 6.07) is 27.2. The van der Waals surface area contributed by atoms with Crippen molar-refractivity contribution in [3.63, 3.8) is 0 Å². The number of nitrogens with one attached hydrogen (secondary N) is 3. The van der Waals surface area contributed by atoms with E-state index < -0.39 is 29.6 Å². The molecule has 7 aromatic rings. The SMILES string of the molecule is COC(=O)c1nc(N2CCc3cccc(C(=O)Nc4nc5ccccc5s4)c3C2)sc1CCCOc1ccc(C#CCCCCCCCC(=O)N[C@H](C(=O)N2C[C@H](O)C[C@H]2C(=O)N[C@@H](C)c2ccc(-c3scnc3C)cc2)C(C)(C)C)cc1. The number of aryl methyl sites for hydroxylation is 2. The molecule has 1 saturated heterocycles. The van der Waals surface area contributed by atoms with Crippen LogP contribution in [-0.4, -0.2) is 99.6 Å². The van der Waals surface area contributed by atoms with Crippen molar-refractivity contribution < 1.29 is 38.6 Å². The number of carbonyl (C=O) groups is 5. The molecule has 19 heteroatoms. The van der Waals surface area contributed by atoms with Crippen LogP contribution in [0.3, 0.4) is 0 Å². The van der Waals surface area contributed by atoms with Crippen molar-refractivity contribution in [2.75, 3.05) is 37.0 Å². The Balaban J connectivity index is 0.667. The van der Waals surface area contributed by atoms with Crippen molar-refractivity contribution >= 4 is 84.1 Å². The summed E-state index contributed by atoms with van der Waals surface area (Å²) in [4.78, 5) is 86.9. The second kappa shape index (κ2) is 27.7. The highest BCUT2D eigenvalue weighted by Crippen LogP contribution is 2.35. The molecular formula is C64H72N8O8S3. The fraction of sp³-hybridized carbons (Fsp3) is 0.406. The zero-order chi connectivity index (χ0) is 58.6.